The van der Waals surface area contributed by atoms with Gasteiger partial charge in [0.25, 0.3) is 0 Å². The molecule has 3 heterocycles. The van der Waals surface area contributed by atoms with Gasteiger partial charge < -0.3 is 14.5 Å². The number of nitriles is 1. The number of aromatic nitrogens is 1. The lowest BCUT2D eigenvalue weighted by Crippen LogP contribution is -2.55. The number of nitrogens with zero attached hydrogens (tertiary/aromatic N) is 5. The molecule has 1 unspecified atom stereocenters. The maximum absolute atomic E-state index is 12.7. The van der Waals surface area contributed by atoms with Gasteiger partial charge in [0, 0.05) is 39.3 Å². The number of morpholine rings is 1. The second-order valence-electron chi connectivity index (χ2n) is 6.20. The summed E-state index contributed by atoms with van der Waals surface area (Å²) in [5.41, 5.74) is 1.46. The van der Waals surface area contributed by atoms with E-state index in [1.165, 1.54) is 11.5 Å². The molecule has 1 aromatic rings. The molecule has 130 valence electrons. The van der Waals surface area contributed by atoms with E-state index in [-0.39, 0.29) is 11.9 Å². The quantitative estimate of drug-likeness (QED) is 0.800. The van der Waals surface area contributed by atoms with Crippen molar-refractivity contribution in [3.63, 3.8) is 0 Å². The maximum Gasteiger partial charge on any atom is 0.239 e. The second kappa shape index (κ2) is 7.47. The van der Waals surface area contributed by atoms with Crippen LogP contribution in [0, 0.1) is 18.3 Å². The van der Waals surface area contributed by atoms with Gasteiger partial charge in [0.1, 0.15) is 16.6 Å². The van der Waals surface area contributed by atoms with E-state index in [2.05, 4.69) is 20.2 Å². The Balaban J connectivity index is 1.58. The summed E-state index contributed by atoms with van der Waals surface area (Å²) in [5, 5.41) is 10.2. The lowest BCUT2D eigenvalue weighted by atomic mass is 10.2. The number of aryl methyl sites for hydroxylation is 1. The Labute approximate surface area is 146 Å². The molecule has 1 amide bonds. The zero-order valence-electron chi connectivity index (χ0n) is 14.2. The van der Waals surface area contributed by atoms with Gasteiger partial charge >= 0.3 is 0 Å². The first-order valence-electron chi connectivity index (χ1n) is 8.33. The number of ether oxygens (including phenoxy) is 1. The molecular weight excluding hydrogens is 326 g/mol. The fraction of sp³-hybridized carbons (Fsp3) is 0.688. The predicted molar refractivity (Wildman–Crippen MR) is 92.2 cm³/mol. The normalized spacial score (nSPS) is 20.7. The molecule has 1 atom stereocenters. The highest BCUT2D eigenvalue weighted by Gasteiger charge is 2.30. The van der Waals surface area contributed by atoms with Gasteiger partial charge in [-0.05, 0) is 25.4 Å². The standard InChI is InChI=1S/C16H23N5O2S/c1-12-14(11-17)16(24-18-12)21-5-3-20(4-6-21)15(22)13(2)19-7-9-23-10-8-19/h13H,3-10H2,1-2H3. The first kappa shape index (κ1) is 17.1. The minimum absolute atomic E-state index is 0.0965. The third-order valence-electron chi connectivity index (χ3n) is 4.79. The third-order valence-corrected chi connectivity index (χ3v) is 5.79. The summed E-state index contributed by atoms with van der Waals surface area (Å²) in [6.45, 7) is 9.76. The molecule has 7 nitrogen and oxygen atoms in total. The molecule has 24 heavy (non-hydrogen) atoms. The Hall–Kier alpha value is -1.69. The highest BCUT2D eigenvalue weighted by Crippen LogP contribution is 2.28. The molecule has 0 aromatic carbocycles. The summed E-state index contributed by atoms with van der Waals surface area (Å²) >= 11 is 1.37. The molecule has 2 aliphatic heterocycles. The Morgan fingerprint density at radius 1 is 1.25 bits per heavy atom. The van der Waals surface area contributed by atoms with Crippen LogP contribution in [0.15, 0.2) is 0 Å². The molecule has 0 bridgehead atoms. The molecule has 0 radical (unpaired) electrons. The number of anilines is 1. The molecule has 0 N–H and O–H groups in total. The first-order chi connectivity index (χ1) is 11.6. The van der Waals surface area contributed by atoms with Crippen LogP contribution in [0.1, 0.15) is 18.2 Å². The number of rotatable bonds is 3. The predicted octanol–water partition coefficient (Wildman–Crippen LogP) is 0.693. The van der Waals surface area contributed by atoms with Gasteiger partial charge in [-0.15, -0.1) is 0 Å². The van der Waals surface area contributed by atoms with Gasteiger partial charge in [0.05, 0.1) is 24.9 Å². The first-order valence-corrected chi connectivity index (χ1v) is 9.11. The number of carbonyl (C=O) groups is 1. The van der Waals surface area contributed by atoms with Gasteiger partial charge in [0.15, 0.2) is 0 Å². The van der Waals surface area contributed by atoms with E-state index in [0.717, 1.165) is 36.9 Å². The van der Waals surface area contributed by atoms with Gasteiger partial charge in [-0.3, -0.25) is 9.69 Å². The van der Waals surface area contributed by atoms with Crippen LogP contribution in [-0.4, -0.2) is 78.6 Å². The van der Waals surface area contributed by atoms with Gasteiger partial charge in [0.2, 0.25) is 5.91 Å². The second-order valence-corrected chi connectivity index (χ2v) is 6.95. The van der Waals surface area contributed by atoms with E-state index < -0.39 is 0 Å². The Kier molecular flexibility index (Phi) is 5.33. The number of hydrogen-bond donors (Lipinski definition) is 0. The average Bonchev–Trinajstić information content (AvgIpc) is 3.02. The summed E-state index contributed by atoms with van der Waals surface area (Å²) < 4.78 is 9.64. The SMILES string of the molecule is Cc1nsc(N2CCN(C(=O)C(C)N3CCOCC3)CC2)c1C#N. The van der Waals surface area contributed by atoms with Crippen molar-refractivity contribution in [2.45, 2.75) is 19.9 Å². The van der Waals surface area contributed by atoms with Gasteiger partial charge in [-0.1, -0.05) is 0 Å². The molecule has 2 saturated heterocycles. The number of hydrogen-bond acceptors (Lipinski definition) is 7. The highest BCUT2D eigenvalue weighted by molar-refractivity contribution is 7.10. The molecule has 0 spiro atoms. The minimum Gasteiger partial charge on any atom is -0.379 e. The van der Waals surface area contributed by atoms with Crippen LogP contribution in [0.25, 0.3) is 0 Å². The number of amides is 1. The number of carbonyl (C=O) groups excluding carboxylic acids is 1. The smallest absolute Gasteiger partial charge is 0.239 e. The van der Waals surface area contributed by atoms with E-state index in [1.807, 2.05) is 18.7 Å². The summed E-state index contributed by atoms with van der Waals surface area (Å²) in [4.78, 5) is 19.0. The summed E-state index contributed by atoms with van der Waals surface area (Å²) in [6, 6.07) is 2.15. The van der Waals surface area contributed by atoms with Gasteiger partial charge in [-0.2, -0.15) is 9.64 Å². The van der Waals surface area contributed by atoms with Crippen molar-refractivity contribution in [1.29, 1.82) is 5.26 Å². The number of piperazine rings is 1. The molecule has 0 saturated carbocycles. The largest absolute Gasteiger partial charge is 0.379 e. The zero-order chi connectivity index (χ0) is 17.1. The monoisotopic (exact) mass is 349 g/mol. The van der Waals surface area contributed by atoms with Crippen LogP contribution in [0.2, 0.25) is 0 Å². The summed E-state index contributed by atoms with van der Waals surface area (Å²) in [5.74, 6) is 0.192. The summed E-state index contributed by atoms with van der Waals surface area (Å²) in [7, 11) is 0. The molecule has 1 aromatic heterocycles. The van der Waals surface area contributed by atoms with Crippen LogP contribution in [-0.2, 0) is 9.53 Å². The van der Waals surface area contributed by atoms with E-state index in [0.29, 0.717) is 31.9 Å². The van der Waals surface area contributed by atoms with Crippen LogP contribution < -0.4 is 4.90 Å². The van der Waals surface area contributed by atoms with Crippen LogP contribution >= 0.6 is 11.5 Å². The third kappa shape index (κ3) is 3.38. The van der Waals surface area contributed by atoms with E-state index in [4.69, 9.17) is 4.74 Å². The minimum atomic E-state index is -0.0965. The molecular formula is C16H23N5O2S. The van der Waals surface area contributed by atoms with Crippen molar-refractivity contribution in [3.8, 4) is 6.07 Å². The Morgan fingerprint density at radius 2 is 1.92 bits per heavy atom. The lowest BCUT2D eigenvalue weighted by Gasteiger charge is -2.39. The maximum atomic E-state index is 12.7. The molecule has 2 aliphatic rings. The van der Waals surface area contributed by atoms with E-state index in [9.17, 15) is 10.1 Å². The van der Waals surface area contributed by atoms with Crippen molar-refractivity contribution in [2.24, 2.45) is 0 Å². The van der Waals surface area contributed by atoms with Crippen molar-refractivity contribution in [2.75, 3.05) is 57.4 Å². The van der Waals surface area contributed by atoms with Crippen LogP contribution in [0.5, 0.6) is 0 Å². The average molecular weight is 349 g/mol. The van der Waals surface area contributed by atoms with Crippen molar-refractivity contribution in [1.82, 2.24) is 14.2 Å². The van der Waals surface area contributed by atoms with E-state index >= 15 is 0 Å². The van der Waals surface area contributed by atoms with Gasteiger partial charge in [-0.25, -0.2) is 0 Å². The van der Waals surface area contributed by atoms with Crippen LogP contribution in [0.3, 0.4) is 0 Å². The van der Waals surface area contributed by atoms with Crippen molar-refractivity contribution >= 4 is 22.4 Å². The molecule has 8 heteroatoms. The Bertz CT molecular complexity index is 627. The van der Waals surface area contributed by atoms with Crippen molar-refractivity contribution < 1.29 is 9.53 Å². The van der Waals surface area contributed by atoms with Crippen LogP contribution in [0.4, 0.5) is 5.00 Å². The highest BCUT2D eigenvalue weighted by atomic mass is 32.1. The fourth-order valence-electron chi connectivity index (χ4n) is 3.22. The van der Waals surface area contributed by atoms with Crippen molar-refractivity contribution in [3.05, 3.63) is 11.3 Å². The topological polar surface area (TPSA) is 72.7 Å². The zero-order valence-corrected chi connectivity index (χ0v) is 15.0. The van der Waals surface area contributed by atoms with E-state index in [1.54, 1.807) is 0 Å². The lowest BCUT2D eigenvalue weighted by molar-refractivity contribution is -0.138. The Morgan fingerprint density at radius 3 is 2.54 bits per heavy atom. The molecule has 3 rings (SSSR count). The molecule has 0 aliphatic carbocycles. The molecule has 2 fully saturated rings. The summed E-state index contributed by atoms with van der Waals surface area (Å²) in [6.07, 6.45) is 0. The fourth-order valence-corrected chi connectivity index (χ4v) is 4.11.